The third-order valence-electron chi connectivity index (χ3n) is 3.39. The van der Waals surface area contributed by atoms with Crippen LogP contribution in [0.2, 0.25) is 0 Å². The second-order valence-corrected chi connectivity index (χ2v) is 6.77. The highest BCUT2D eigenvalue weighted by Gasteiger charge is 2.17. The SMILES string of the molecule is C[C@H](C[S@@](C)=O)N(C)C(=O)Nc1cnc(-c2ccccc2)nc1. The molecule has 0 saturated carbocycles. The van der Waals surface area contributed by atoms with Gasteiger partial charge in [-0.15, -0.1) is 0 Å². The Kier molecular flexibility index (Phi) is 5.81. The highest BCUT2D eigenvalue weighted by molar-refractivity contribution is 7.84. The molecular weight excluding hydrogens is 312 g/mol. The third-order valence-corrected chi connectivity index (χ3v) is 4.34. The zero-order valence-electron chi connectivity index (χ0n) is 13.4. The quantitative estimate of drug-likeness (QED) is 0.912. The number of amides is 2. The summed E-state index contributed by atoms with van der Waals surface area (Å²) in [5, 5.41) is 2.74. The van der Waals surface area contributed by atoms with Gasteiger partial charge in [0.05, 0.1) is 18.1 Å². The topological polar surface area (TPSA) is 75.2 Å². The first-order valence-corrected chi connectivity index (χ1v) is 8.91. The first-order valence-electron chi connectivity index (χ1n) is 7.18. The van der Waals surface area contributed by atoms with Crippen LogP contribution < -0.4 is 5.32 Å². The van der Waals surface area contributed by atoms with Gasteiger partial charge in [0.1, 0.15) is 0 Å². The molecule has 122 valence electrons. The van der Waals surface area contributed by atoms with Crippen molar-refractivity contribution in [3.05, 3.63) is 42.7 Å². The van der Waals surface area contributed by atoms with Gasteiger partial charge < -0.3 is 10.2 Å². The second kappa shape index (κ2) is 7.82. The fourth-order valence-electron chi connectivity index (χ4n) is 1.99. The molecule has 7 heteroatoms. The van der Waals surface area contributed by atoms with E-state index in [2.05, 4.69) is 15.3 Å². The Hall–Kier alpha value is -2.28. The molecule has 0 aliphatic rings. The van der Waals surface area contributed by atoms with Gasteiger partial charge in [0.2, 0.25) is 0 Å². The van der Waals surface area contributed by atoms with Crippen LogP contribution in [0, 0.1) is 0 Å². The summed E-state index contributed by atoms with van der Waals surface area (Å²) < 4.78 is 11.2. The fourth-order valence-corrected chi connectivity index (χ4v) is 2.90. The molecule has 0 spiro atoms. The highest BCUT2D eigenvalue weighted by atomic mass is 32.2. The fraction of sp³-hybridized carbons (Fsp3) is 0.312. The molecule has 2 aromatic rings. The van der Waals surface area contributed by atoms with Gasteiger partial charge in [-0.1, -0.05) is 30.3 Å². The normalized spacial score (nSPS) is 13.2. The van der Waals surface area contributed by atoms with Crippen LogP contribution in [-0.4, -0.2) is 50.2 Å². The van der Waals surface area contributed by atoms with Crippen LogP contribution in [0.15, 0.2) is 42.7 Å². The van der Waals surface area contributed by atoms with Gasteiger partial charge in [-0.25, -0.2) is 14.8 Å². The van der Waals surface area contributed by atoms with Gasteiger partial charge >= 0.3 is 6.03 Å². The molecule has 0 aliphatic heterocycles. The Morgan fingerprint density at radius 1 is 1.26 bits per heavy atom. The highest BCUT2D eigenvalue weighted by Crippen LogP contribution is 2.15. The Balaban J connectivity index is 2.00. The van der Waals surface area contributed by atoms with Crippen LogP contribution in [0.1, 0.15) is 6.92 Å². The van der Waals surface area contributed by atoms with Gasteiger partial charge in [0.25, 0.3) is 0 Å². The Morgan fingerprint density at radius 2 is 1.87 bits per heavy atom. The molecule has 2 amide bonds. The van der Waals surface area contributed by atoms with Crippen molar-refractivity contribution in [2.24, 2.45) is 0 Å². The summed E-state index contributed by atoms with van der Waals surface area (Å²) in [4.78, 5) is 22.2. The number of nitrogens with one attached hydrogen (secondary N) is 1. The van der Waals surface area contributed by atoms with Crippen molar-refractivity contribution >= 4 is 22.5 Å². The van der Waals surface area contributed by atoms with Crippen molar-refractivity contribution < 1.29 is 9.00 Å². The summed E-state index contributed by atoms with van der Waals surface area (Å²) in [6, 6.07) is 9.22. The summed E-state index contributed by atoms with van der Waals surface area (Å²) in [5.41, 5.74) is 1.44. The first kappa shape index (κ1) is 17.1. The maximum atomic E-state index is 12.2. The van der Waals surface area contributed by atoms with Crippen LogP contribution in [0.5, 0.6) is 0 Å². The summed E-state index contributed by atoms with van der Waals surface area (Å²) in [6.07, 6.45) is 4.77. The van der Waals surface area contributed by atoms with E-state index < -0.39 is 10.8 Å². The van der Waals surface area contributed by atoms with Gasteiger partial charge in [0, 0.05) is 41.5 Å². The number of nitrogens with zero attached hydrogens (tertiary/aromatic N) is 3. The van der Waals surface area contributed by atoms with Crippen molar-refractivity contribution in [2.45, 2.75) is 13.0 Å². The molecule has 0 fully saturated rings. The molecule has 1 aromatic carbocycles. The zero-order valence-corrected chi connectivity index (χ0v) is 14.2. The maximum absolute atomic E-state index is 12.2. The molecule has 2 atom stereocenters. The van der Waals surface area contributed by atoms with Crippen LogP contribution in [0.3, 0.4) is 0 Å². The number of anilines is 1. The van der Waals surface area contributed by atoms with Crippen molar-refractivity contribution in [3.63, 3.8) is 0 Å². The molecule has 0 bridgehead atoms. The van der Waals surface area contributed by atoms with E-state index in [-0.39, 0.29) is 12.1 Å². The Morgan fingerprint density at radius 3 is 2.43 bits per heavy atom. The average Bonchev–Trinajstić information content (AvgIpc) is 2.55. The van der Waals surface area contributed by atoms with E-state index >= 15 is 0 Å². The minimum atomic E-state index is -0.950. The minimum absolute atomic E-state index is 0.120. The smallest absolute Gasteiger partial charge is 0.321 e. The van der Waals surface area contributed by atoms with Crippen molar-refractivity contribution in [3.8, 4) is 11.4 Å². The summed E-state index contributed by atoms with van der Waals surface area (Å²) in [6.45, 7) is 1.86. The van der Waals surface area contributed by atoms with Crippen molar-refractivity contribution in [1.29, 1.82) is 0 Å². The van der Waals surface area contributed by atoms with Crippen molar-refractivity contribution in [1.82, 2.24) is 14.9 Å². The molecule has 1 aromatic heterocycles. The number of aromatic nitrogens is 2. The molecule has 0 radical (unpaired) electrons. The Labute approximate surface area is 138 Å². The molecule has 2 rings (SSSR count). The largest absolute Gasteiger partial charge is 0.324 e. The van der Waals surface area contributed by atoms with E-state index in [1.54, 1.807) is 25.7 Å². The summed E-state index contributed by atoms with van der Waals surface area (Å²) >= 11 is 0. The standard InChI is InChI=1S/C16H20N4O2S/c1-12(11-23(3)22)20(2)16(21)19-14-9-17-15(18-10-14)13-7-5-4-6-8-13/h4-10,12H,11H2,1-3H3,(H,19,21)/t12-,23-/m1/s1. The van der Waals surface area contributed by atoms with Gasteiger partial charge in [0.15, 0.2) is 5.82 Å². The summed E-state index contributed by atoms with van der Waals surface area (Å²) in [7, 11) is 0.723. The van der Waals surface area contributed by atoms with Crippen LogP contribution in [0.4, 0.5) is 10.5 Å². The molecule has 0 saturated heterocycles. The van der Waals surface area contributed by atoms with Crippen molar-refractivity contribution in [2.75, 3.05) is 24.4 Å². The summed E-state index contributed by atoms with van der Waals surface area (Å²) in [5.74, 6) is 1.04. The second-order valence-electron chi connectivity index (χ2n) is 5.29. The van der Waals surface area contributed by atoms with Gasteiger partial charge in [-0.05, 0) is 6.92 Å². The van der Waals surface area contributed by atoms with Gasteiger partial charge in [-0.2, -0.15) is 0 Å². The predicted octanol–water partition coefficient (Wildman–Crippen LogP) is 2.37. The Bertz CT molecular complexity index is 676. The molecule has 0 unspecified atom stereocenters. The first-order chi connectivity index (χ1) is 11.0. The maximum Gasteiger partial charge on any atom is 0.321 e. The monoisotopic (exact) mass is 332 g/mol. The number of benzene rings is 1. The number of hydrogen-bond acceptors (Lipinski definition) is 4. The average molecular weight is 332 g/mol. The van der Waals surface area contributed by atoms with Gasteiger partial charge in [-0.3, -0.25) is 4.21 Å². The molecule has 1 heterocycles. The molecule has 23 heavy (non-hydrogen) atoms. The zero-order chi connectivity index (χ0) is 16.8. The van der Waals surface area contributed by atoms with E-state index in [0.29, 0.717) is 17.3 Å². The predicted molar refractivity (Wildman–Crippen MR) is 92.6 cm³/mol. The lowest BCUT2D eigenvalue weighted by Gasteiger charge is -2.24. The lowest BCUT2D eigenvalue weighted by atomic mass is 10.2. The minimum Gasteiger partial charge on any atom is -0.324 e. The number of urea groups is 1. The lowest BCUT2D eigenvalue weighted by Crippen LogP contribution is -2.40. The van der Waals surface area contributed by atoms with Crippen LogP contribution >= 0.6 is 0 Å². The lowest BCUT2D eigenvalue weighted by molar-refractivity contribution is 0.212. The molecular formula is C16H20N4O2S. The van der Waals surface area contributed by atoms with Crippen LogP contribution in [-0.2, 0) is 10.8 Å². The molecule has 1 N–H and O–H groups in total. The number of carbonyl (C=O) groups is 1. The number of hydrogen-bond donors (Lipinski definition) is 1. The number of carbonyl (C=O) groups excluding carboxylic acids is 1. The number of rotatable bonds is 5. The van der Waals surface area contributed by atoms with Crippen LogP contribution in [0.25, 0.3) is 11.4 Å². The molecule has 0 aliphatic carbocycles. The van der Waals surface area contributed by atoms with E-state index in [1.807, 2.05) is 37.3 Å². The van der Waals surface area contributed by atoms with E-state index in [9.17, 15) is 9.00 Å². The molecule has 6 nitrogen and oxygen atoms in total. The third kappa shape index (κ3) is 4.85. The van der Waals surface area contributed by atoms with E-state index in [0.717, 1.165) is 5.56 Å². The van der Waals surface area contributed by atoms with E-state index in [1.165, 1.54) is 4.90 Å². The van der Waals surface area contributed by atoms with E-state index in [4.69, 9.17) is 0 Å².